The molecule has 0 amide bonds. The number of benzene rings is 2. The van der Waals surface area contributed by atoms with Crippen molar-refractivity contribution in [3.63, 3.8) is 0 Å². The lowest BCUT2D eigenvalue weighted by Crippen LogP contribution is -2.06. The molecule has 0 saturated heterocycles. The number of ether oxygens (including phenoxy) is 2. The van der Waals surface area contributed by atoms with Gasteiger partial charge in [-0.1, -0.05) is 18.2 Å². The van der Waals surface area contributed by atoms with Gasteiger partial charge in [0.15, 0.2) is 5.75 Å². The van der Waals surface area contributed by atoms with Gasteiger partial charge in [-0.25, -0.2) is 4.79 Å². The summed E-state index contributed by atoms with van der Waals surface area (Å²) in [6.07, 6.45) is 0. The molecule has 0 fully saturated rings. The van der Waals surface area contributed by atoms with E-state index in [0.29, 0.717) is 5.75 Å². The van der Waals surface area contributed by atoms with Crippen LogP contribution in [0.2, 0.25) is 0 Å². The number of hydrogen-bond donors (Lipinski definition) is 1. The summed E-state index contributed by atoms with van der Waals surface area (Å²) in [4.78, 5) is 11.8. The van der Waals surface area contributed by atoms with Crippen molar-refractivity contribution in [2.45, 2.75) is 6.92 Å². The Balaban J connectivity index is 2.52. The number of esters is 1. The van der Waals surface area contributed by atoms with Crippen molar-refractivity contribution >= 4 is 27.8 Å². The van der Waals surface area contributed by atoms with E-state index in [2.05, 4.69) is 4.36 Å². The summed E-state index contributed by atoms with van der Waals surface area (Å²) in [5, 5.41) is 0. The minimum absolute atomic E-state index is 0.0495. The predicted molar refractivity (Wildman–Crippen MR) is 84.3 cm³/mol. The first-order valence-corrected chi connectivity index (χ1v) is 7.69. The molecule has 2 aromatic rings. The summed E-state index contributed by atoms with van der Waals surface area (Å²) < 4.78 is 35.7. The van der Waals surface area contributed by atoms with Crippen LogP contribution in [0.15, 0.2) is 46.8 Å². The van der Waals surface area contributed by atoms with Crippen molar-refractivity contribution < 1.29 is 22.7 Å². The normalized spacial score (nSPS) is 9.96. The third kappa shape index (κ3) is 4.30. The lowest BCUT2D eigenvalue weighted by atomic mass is 10.1. The zero-order chi connectivity index (χ0) is 16.8. The van der Waals surface area contributed by atoms with Crippen LogP contribution in [0.25, 0.3) is 0 Å². The molecule has 0 unspecified atom stereocenters. The van der Waals surface area contributed by atoms with Crippen LogP contribution in [0.1, 0.15) is 17.3 Å². The Bertz CT molecular complexity index is 840. The summed E-state index contributed by atoms with van der Waals surface area (Å²) in [6.45, 7) is 1.84. The van der Waals surface area contributed by atoms with E-state index in [1.807, 2.05) is 0 Å². The monoisotopic (exact) mass is 334 g/mol. The highest BCUT2D eigenvalue weighted by molar-refractivity contribution is 7.61. The highest BCUT2D eigenvalue weighted by atomic mass is 32.2. The Morgan fingerprint density at radius 1 is 1.22 bits per heavy atom. The summed E-state index contributed by atoms with van der Waals surface area (Å²) >= 11 is 0. The summed E-state index contributed by atoms with van der Waals surface area (Å²) in [7, 11) is -2.73. The van der Waals surface area contributed by atoms with Crippen molar-refractivity contribution in [3.05, 3.63) is 48.0 Å². The van der Waals surface area contributed by atoms with Crippen LogP contribution in [-0.2, 0) is 15.2 Å². The average Bonchev–Trinajstić information content (AvgIpc) is 2.51. The van der Waals surface area contributed by atoms with Crippen molar-refractivity contribution in [2.75, 3.05) is 12.3 Å². The quantitative estimate of drug-likeness (QED) is 0.665. The smallest absolute Gasteiger partial charge is 0.338 e. The molecule has 8 heteroatoms. The topological polar surface area (TPSA) is 108 Å². The Morgan fingerprint density at radius 2 is 1.91 bits per heavy atom. The van der Waals surface area contributed by atoms with E-state index < -0.39 is 16.5 Å². The fourth-order valence-corrected chi connectivity index (χ4v) is 2.13. The second-order valence-electron chi connectivity index (χ2n) is 4.36. The van der Waals surface area contributed by atoms with Gasteiger partial charge in [0.25, 0.3) is 0 Å². The van der Waals surface area contributed by atoms with Crippen molar-refractivity contribution in [1.82, 2.24) is 0 Å². The van der Waals surface area contributed by atoms with Crippen LogP contribution in [0.5, 0.6) is 11.5 Å². The lowest BCUT2D eigenvalue weighted by Gasteiger charge is -2.12. The van der Waals surface area contributed by atoms with Crippen LogP contribution < -0.4 is 10.5 Å². The van der Waals surface area contributed by atoms with Gasteiger partial charge in [-0.3, -0.25) is 0 Å². The van der Waals surface area contributed by atoms with E-state index >= 15 is 0 Å². The standard InChI is InChI=1S/C15H14N2O5S/c1-2-21-15(18)10-8-12(16)14(13(9-10)17-23(19)20)22-11-6-4-3-5-7-11/h3-9H,2,16H2,1H3. The third-order valence-corrected chi connectivity index (χ3v) is 3.09. The number of rotatable bonds is 5. The second-order valence-corrected chi connectivity index (χ2v) is 4.97. The molecule has 2 rings (SSSR count). The summed E-state index contributed by atoms with van der Waals surface area (Å²) in [5.41, 5.74) is 5.97. The maximum atomic E-state index is 11.8. The van der Waals surface area contributed by atoms with Gasteiger partial charge in [0.2, 0.25) is 0 Å². The highest BCUT2D eigenvalue weighted by Gasteiger charge is 2.16. The number of carbonyl (C=O) groups excluding carboxylic acids is 1. The van der Waals surface area contributed by atoms with Crippen molar-refractivity contribution in [1.29, 1.82) is 0 Å². The molecule has 0 spiro atoms. The Morgan fingerprint density at radius 3 is 2.52 bits per heavy atom. The molecule has 2 N–H and O–H groups in total. The molecule has 0 bridgehead atoms. The average molecular weight is 334 g/mol. The van der Waals surface area contributed by atoms with Gasteiger partial charge >= 0.3 is 16.5 Å². The zero-order valence-corrected chi connectivity index (χ0v) is 13.0. The molecule has 0 radical (unpaired) electrons. The number of para-hydroxylation sites is 1. The first-order chi connectivity index (χ1) is 11.0. The van der Waals surface area contributed by atoms with E-state index in [9.17, 15) is 13.2 Å². The van der Waals surface area contributed by atoms with Gasteiger partial charge in [0, 0.05) is 0 Å². The largest absolute Gasteiger partial charge is 0.462 e. The molecule has 120 valence electrons. The maximum absolute atomic E-state index is 11.8. The van der Waals surface area contributed by atoms with Crippen LogP contribution in [0.3, 0.4) is 0 Å². The first-order valence-electron chi connectivity index (χ1n) is 6.66. The van der Waals surface area contributed by atoms with Gasteiger partial charge in [-0.2, -0.15) is 8.42 Å². The number of carbonyl (C=O) groups is 1. The van der Waals surface area contributed by atoms with Gasteiger partial charge in [-0.05, 0) is 31.2 Å². The Labute approximate surface area is 134 Å². The molecule has 0 aliphatic rings. The molecule has 0 aliphatic carbocycles. The van der Waals surface area contributed by atoms with Crippen LogP contribution >= 0.6 is 0 Å². The minimum atomic E-state index is -2.73. The molecular weight excluding hydrogens is 320 g/mol. The van der Waals surface area contributed by atoms with Gasteiger partial charge in [0.05, 0.1) is 17.9 Å². The molecule has 2 aromatic carbocycles. The number of hydrogen-bond acceptors (Lipinski definition) is 7. The summed E-state index contributed by atoms with van der Waals surface area (Å²) in [6, 6.07) is 11.3. The molecule has 23 heavy (non-hydrogen) atoms. The molecule has 0 aliphatic heterocycles. The van der Waals surface area contributed by atoms with Gasteiger partial charge in [0.1, 0.15) is 11.4 Å². The van der Waals surface area contributed by atoms with Crippen LogP contribution in [0, 0.1) is 0 Å². The lowest BCUT2D eigenvalue weighted by molar-refractivity contribution is 0.0526. The Hall–Kier alpha value is -2.87. The molecule has 0 atom stereocenters. The minimum Gasteiger partial charge on any atom is -0.462 e. The second kappa shape index (κ2) is 7.41. The summed E-state index contributed by atoms with van der Waals surface area (Å²) in [5.74, 6) is -0.122. The van der Waals surface area contributed by atoms with Crippen LogP contribution in [0.4, 0.5) is 11.4 Å². The highest BCUT2D eigenvalue weighted by Crippen LogP contribution is 2.38. The number of nitrogens with zero attached hydrogens (tertiary/aromatic N) is 1. The van der Waals surface area contributed by atoms with E-state index in [-0.39, 0.29) is 29.3 Å². The molecule has 0 heterocycles. The molecule has 0 aromatic heterocycles. The first kappa shape index (κ1) is 16.5. The maximum Gasteiger partial charge on any atom is 0.338 e. The fraction of sp³-hybridized carbons (Fsp3) is 0.133. The van der Waals surface area contributed by atoms with E-state index in [1.54, 1.807) is 37.3 Å². The van der Waals surface area contributed by atoms with Gasteiger partial charge in [-0.15, -0.1) is 4.36 Å². The molecular formula is C15H14N2O5S. The number of nitrogen functional groups attached to an aromatic ring is 1. The van der Waals surface area contributed by atoms with Crippen molar-refractivity contribution in [2.24, 2.45) is 4.36 Å². The molecule has 7 nitrogen and oxygen atoms in total. The predicted octanol–water partition coefficient (Wildman–Crippen LogP) is 2.93. The van der Waals surface area contributed by atoms with E-state index in [1.165, 1.54) is 12.1 Å². The van der Waals surface area contributed by atoms with E-state index in [4.69, 9.17) is 15.2 Å². The van der Waals surface area contributed by atoms with Gasteiger partial charge < -0.3 is 15.2 Å². The number of nitrogens with two attached hydrogens (primary N) is 1. The third-order valence-electron chi connectivity index (χ3n) is 2.75. The molecule has 0 saturated carbocycles. The van der Waals surface area contributed by atoms with Crippen molar-refractivity contribution in [3.8, 4) is 11.5 Å². The fourth-order valence-electron chi connectivity index (χ4n) is 1.83. The number of anilines is 1. The SMILES string of the molecule is CCOC(=O)c1cc(N)c(Oc2ccccc2)c(N=S(=O)=O)c1. The van der Waals surface area contributed by atoms with E-state index in [0.717, 1.165) is 0 Å². The zero-order valence-electron chi connectivity index (χ0n) is 12.2. The Kier molecular flexibility index (Phi) is 5.32. The van der Waals surface area contributed by atoms with Crippen LogP contribution in [-0.4, -0.2) is 21.0 Å².